The second kappa shape index (κ2) is 18.7. The summed E-state index contributed by atoms with van der Waals surface area (Å²) in [6.45, 7) is 3.13. The molecule has 10 nitrogen and oxygen atoms in total. The number of nitrogens with one attached hydrogen (secondary N) is 2. The summed E-state index contributed by atoms with van der Waals surface area (Å²) in [5.74, 6) is -3.40. The van der Waals surface area contributed by atoms with Gasteiger partial charge in [0.1, 0.15) is 24.9 Å². The molecule has 0 fully saturated rings. The number of aliphatic carboxylic acids is 1. The topological polar surface area (TPSA) is 155 Å². The number of methoxy groups -OCH3 is 1. The van der Waals surface area contributed by atoms with Crippen molar-refractivity contribution in [2.24, 2.45) is 5.92 Å². The van der Waals surface area contributed by atoms with Gasteiger partial charge in [-0.15, -0.1) is 0 Å². The normalized spacial score (nSPS) is 20.8. The number of carbonyl (C=O) groups excluding carboxylic acids is 2. The second-order valence-electron chi connectivity index (χ2n) is 9.63. The Bertz CT molecular complexity index is 742. The molecule has 0 aliphatic carbocycles. The minimum absolute atomic E-state index is 0.248. The average molecular weight is 527 g/mol. The Morgan fingerprint density at radius 1 is 1.08 bits per heavy atom. The molecule has 0 bridgehead atoms. The first-order valence-electron chi connectivity index (χ1n) is 13.5. The Kier molecular flexibility index (Phi) is 16.5. The van der Waals surface area contributed by atoms with Gasteiger partial charge in [-0.2, -0.15) is 0 Å². The highest BCUT2D eigenvalue weighted by molar-refractivity contribution is 5.86. The van der Waals surface area contributed by atoms with Gasteiger partial charge in [-0.25, -0.2) is 4.79 Å². The summed E-state index contributed by atoms with van der Waals surface area (Å²) in [4.78, 5) is 35.4. The van der Waals surface area contributed by atoms with Crippen molar-refractivity contribution in [2.75, 3.05) is 13.7 Å². The highest BCUT2D eigenvalue weighted by atomic mass is 16.6. The van der Waals surface area contributed by atoms with E-state index in [0.717, 1.165) is 25.5 Å². The van der Waals surface area contributed by atoms with E-state index in [1.807, 2.05) is 0 Å². The van der Waals surface area contributed by atoms with Crippen molar-refractivity contribution >= 4 is 24.1 Å². The zero-order chi connectivity index (χ0) is 27.6. The average Bonchev–Trinajstić information content (AvgIpc) is 2.86. The van der Waals surface area contributed by atoms with E-state index in [1.165, 1.54) is 65.1 Å². The van der Waals surface area contributed by atoms with Crippen LogP contribution in [-0.4, -0.2) is 72.3 Å². The number of carboxylic acids is 1. The molecule has 0 spiro atoms. The van der Waals surface area contributed by atoms with Gasteiger partial charge >= 0.3 is 11.9 Å². The van der Waals surface area contributed by atoms with Crippen LogP contribution in [0.5, 0.6) is 0 Å². The van der Waals surface area contributed by atoms with Crippen LogP contribution in [0, 0.1) is 11.3 Å². The van der Waals surface area contributed by atoms with Crippen molar-refractivity contribution in [1.82, 2.24) is 5.32 Å². The molecule has 0 aromatic heterocycles. The van der Waals surface area contributed by atoms with E-state index in [9.17, 15) is 24.6 Å². The van der Waals surface area contributed by atoms with E-state index < -0.39 is 53.9 Å². The molecule has 5 unspecified atom stereocenters. The smallest absolute Gasteiger partial charge is 0.370 e. The maximum absolute atomic E-state index is 12.2. The van der Waals surface area contributed by atoms with Crippen molar-refractivity contribution in [3.05, 3.63) is 11.8 Å². The van der Waals surface area contributed by atoms with Crippen LogP contribution < -0.4 is 5.32 Å². The fraction of sp³-hybridized carbons (Fsp3) is 0.778. The minimum atomic E-state index is -1.35. The Labute approximate surface area is 220 Å². The van der Waals surface area contributed by atoms with Crippen molar-refractivity contribution in [3.8, 4) is 0 Å². The number of ether oxygens (including phenoxy) is 3. The molecule has 0 saturated heterocycles. The molecule has 212 valence electrons. The fourth-order valence-electron chi connectivity index (χ4n) is 4.50. The predicted molar refractivity (Wildman–Crippen MR) is 139 cm³/mol. The summed E-state index contributed by atoms with van der Waals surface area (Å²) in [6.07, 6.45) is 11.8. The zero-order valence-electron chi connectivity index (χ0n) is 22.6. The quantitative estimate of drug-likeness (QED) is 0.106. The molecule has 4 N–H and O–H groups in total. The van der Waals surface area contributed by atoms with Crippen LogP contribution in [0.25, 0.3) is 0 Å². The number of hydrogen-bond donors (Lipinski definition) is 4. The Hall–Kier alpha value is -2.46. The molecule has 0 aromatic carbocycles. The van der Waals surface area contributed by atoms with Gasteiger partial charge in [0.2, 0.25) is 11.7 Å². The van der Waals surface area contributed by atoms with Crippen LogP contribution in [0.1, 0.15) is 90.9 Å². The first kappa shape index (κ1) is 32.6. The van der Waals surface area contributed by atoms with Crippen LogP contribution in [0.15, 0.2) is 11.8 Å². The monoisotopic (exact) mass is 526 g/mol. The number of carboxylic acid groups (broad SMARTS) is 1. The molecule has 1 amide bonds. The third-order valence-corrected chi connectivity index (χ3v) is 6.52. The lowest BCUT2D eigenvalue weighted by Crippen LogP contribution is -2.59. The van der Waals surface area contributed by atoms with Gasteiger partial charge in [-0.3, -0.25) is 9.59 Å². The zero-order valence-corrected chi connectivity index (χ0v) is 22.6. The highest BCUT2D eigenvalue weighted by Gasteiger charge is 2.44. The fourth-order valence-corrected chi connectivity index (χ4v) is 4.50. The molecule has 0 aromatic rings. The lowest BCUT2D eigenvalue weighted by Gasteiger charge is -2.40. The molecule has 5 atom stereocenters. The summed E-state index contributed by atoms with van der Waals surface area (Å²) in [5.41, 5.74) is 0. The molecule has 1 aliphatic heterocycles. The molecular formula is C27H46N2O8. The lowest BCUT2D eigenvalue weighted by molar-refractivity contribution is -0.159. The molecule has 10 heteroatoms. The van der Waals surface area contributed by atoms with Crippen LogP contribution in [0.3, 0.4) is 0 Å². The first-order valence-corrected chi connectivity index (χ1v) is 13.5. The van der Waals surface area contributed by atoms with E-state index in [4.69, 9.17) is 19.6 Å². The van der Waals surface area contributed by atoms with Crippen molar-refractivity contribution in [3.63, 3.8) is 0 Å². The third kappa shape index (κ3) is 12.6. The Morgan fingerprint density at radius 3 is 2.14 bits per heavy atom. The van der Waals surface area contributed by atoms with E-state index in [2.05, 4.69) is 12.2 Å². The van der Waals surface area contributed by atoms with E-state index >= 15 is 0 Å². The van der Waals surface area contributed by atoms with Gasteiger partial charge in [0, 0.05) is 32.6 Å². The molecule has 1 aliphatic rings. The number of aliphatic hydroxyl groups is 1. The predicted octanol–water partition coefficient (Wildman–Crippen LogP) is 3.74. The van der Waals surface area contributed by atoms with Gasteiger partial charge in [-0.05, 0) is 12.5 Å². The van der Waals surface area contributed by atoms with E-state index in [1.54, 1.807) is 0 Å². The summed E-state index contributed by atoms with van der Waals surface area (Å²) in [6, 6.07) is -0.857. The number of hydrogen-bond acceptors (Lipinski definition) is 8. The van der Waals surface area contributed by atoms with Crippen LogP contribution >= 0.6 is 0 Å². The van der Waals surface area contributed by atoms with Gasteiger partial charge < -0.3 is 35.1 Å². The van der Waals surface area contributed by atoms with Crippen molar-refractivity contribution in [2.45, 2.75) is 115 Å². The summed E-state index contributed by atoms with van der Waals surface area (Å²) in [5, 5.41) is 30.4. The molecule has 0 saturated carbocycles. The molecule has 37 heavy (non-hydrogen) atoms. The summed E-state index contributed by atoms with van der Waals surface area (Å²) >= 11 is 0. The molecule has 1 heterocycles. The van der Waals surface area contributed by atoms with Crippen LogP contribution in [0.2, 0.25) is 0 Å². The SMILES string of the molecule is CCCCCCCCCCCCCC(=O)OCC(O)C(OC)C1OC(C(=O)O)=CC(C=N)C1NC(C)=O. The largest absolute Gasteiger partial charge is 0.478 e. The number of amides is 1. The lowest BCUT2D eigenvalue weighted by atomic mass is 9.87. The maximum Gasteiger partial charge on any atom is 0.370 e. The van der Waals surface area contributed by atoms with Gasteiger partial charge in [0.25, 0.3) is 0 Å². The van der Waals surface area contributed by atoms with Crippen LogP contribution in [0.4, 0.5) is 0 Å². The summed E-state index contributed by atoms with van der Waals surface area (Å²) in [7, 11) is 1.30. The molecule has 0 radical (unpaired) electrons. The van der Waals surface area contributed by atoms with Gasteiger partial charge in [0.05, 0.1) is 6.04 Å². The first-order chi connectivity index (χ1) is 17.7. The third-order valence-electron chi connectivity index (χ3n) is 6.52. The van der Waals surface area contributed by atoms with Crippen LogP contribution in [-0.2, 0) is 28.6 Å². The maximum atomic E-state index is 12.2. The van der Waals surface area contributed by atoms with E-state index in [-0.39, 0.29) is 13.0 Å². The minimum Gasteiger partial charge on any atom is -0.478 e. The Morgan fingerprint density at radius 2 is 1.65 bits per heavy atom. The number of aliphatic hydroxyl groups excluding tert-OH is 1. The number of carbonyl (C=O) groups is 3. The number of unbranched alkanes of at least 4 members (excludes halogenated alkanes) is 10. The molecular weight excluding hydrogens is 480 g/mol. The van der Waals surface area contributed by atoms with Crippen molar-refractivity contribution in [1.29, 1.82) is 5.41 Å². The van der Waals surface area contributed by atoms with E-state index in [0.29, 0.717) is 6.42 Å². The van der Waals surface area contributed by atoms with Gasteiger partial charge in [0.15, 0.2) is 0 Å². The highest BCUT2D eigenvalue weighted by Crippen LogP contribution is 2.27. The van der Waals surface area contributed by atoms with Gasteiger partial charge in [-0.1, -0.05) is 71.1 Å². The number of rotatable bonds is 20. The summed E-state index contributed by atoms with van der Waals surface area (Å²) < 4.78 is 16.1. The molecule has 1 rings (SSSR count). The number of esters is 1. The second-order valence-corrected chi connectivity index (χ2v) is 9.63. The standard InChI is InChI=1S/C27H46N2O8/c1-4-5-6-7-8-9-10-11-12-13-14-15-23(32)36-18-21(31)25(35-3)26-24(29-19(2)30)20(17-28)16-22(37-26)27(33)34/h16-17,20-21,24-26,28,31H,4-15,18H2,1-3H3,(H,29,30)(H,33,34). The Balaban J connectivity index is 2.47. The van der Waals surface area contributed by atoms with Crippen molar-refractivity contribution < 1.29 is 38.8 Å².